The second-order valence-corrected chi connectivity index (χ2v) is 8.26. The largest absolute Gasteiger partial charge is 0.362 e. The van der Waals surface area contributed by atoms with Crippen LogP contribution >= 0.6 is 58.4 Å². The number of hydrogen-bond acceptors (Lipinski definition) is 5. The Hall–Kier alpha value is -1.97. The molecule has 0 aliphatic heterocycles. The second kappa shape index (κ2) is 9.69. The van der Waals surface area contributed by atoms with E-state index in [-0.39, 0.29) is 5.69 Å². The van der Waals surface area contributed by atoms with Gasteiger partial charge in [-0.15, -0.1) is 11.3 Å². The average Bonchev–Trinajstić information content (AvgIpc) is 3.16. The number of halogens is 3. The number of benzene rings is 2. The fourth-order valence-electron chi connectivity index (χ4n) is 2.48. The molecule has 11 heteroatoms. The molecule has 0 amide bonds. The molecule has 6 nitrogen and oxygen atoms in total. The van der Waals surface area contributed by atoms with Gasteiger partial charge in [-0.25, -0.2) is 4.98 Å². The predicted octanol–water partition coefficient (Wildman–Crippen LogP) is 6.21. The molecule has 0 atom stereocenters. The van der Waals surface area contributed by atoms with Crippen molar-refractivity contribution >= 4 is 74.3 Å². The summed E-state index contributed by atoms with van der Waals surface area (Å²) in [5.41, 5.74) is 2.05. The third kappa shape index (κ3) is 5.55. The van der Waals surface area contributed by atoms with Crippen molar-refractivity contribution in [3.8, 4) is 11.3 Å². The number of rotatable bonds is 6. The molecular formula is C18H13Cl3N4O2S2. The van der Waals surface area contributed by atoms with E-state index >= 15 is 0 Å². The van der Waals surface area contributed by atoms with Crippen LogP contribution < -0.4 is 10.6 Å². The number of nitrogens with one attached hydrogen (secondary N) is 2. The zero-order chi connectivity index (χ0) is 21.0. The summed E-state index contributed by atoms with van der Waals surface area (Å²) >= 11 is 25.0. The molecular weight excluding hydrogens is 475 g/mol. The van der Waals surface area contributed by atoms with Crippen LogP contribution in [0.25, 0.3) is 11.3 Å². The summed E-state index contributed by atoms with van der Waals surface area (Å²) in [4.78, 5) is 14.9. The number of thiazole rings is 1. The van der Waals surface area contributed by atoms with Crippen molar-refractivity contribution in [2.45, 2.75) is 6.42 Å². The molecule has 0 unspecified atom stereocenters. The monoisotopic (exact) mass is 486 g/mol. The maximum atomic E-state index is 10.9. The van der Waals surface area contributed by atoms with Crippen molar-refractivity contribution < 1.29 is 4.92 Å². The van der Waals surface area contributed by atoms with Gasteiger partial charge in [-0.05, 0) is 36.3 Å². The lowest BCUT2D eigenvalue weighted by Gasteiger charge is -2.11. The van der Waals surface area contributed by atoms with E-state index in [0.29, 0.717) is 49.5 Å². The predicted molar refractivity (Wildman–Crippen MR) is 124 cm³/mol. The van der Waals surface area contributed by atoms with E-state index in [1.54, 1.807) is 29.6 Å². The lowest BCUT2D eigenvalue weighted by molar-refractivity contribution is -0.384. The van der Waals surface area contributed by atoms with Crippen LogP contribution in [0.4, 0.5) is 10.8 Å². The van der Waals surface area contributed by atoms with Crippen LogP contribution in [0, 0.1) is 10.1 Å². The highest BCUT2D eigenvalue weighted by Gasteiger charge is 2.12. The number of nitrogens with zero attached hydrogens (tertiary/aromatic N) is 2. The highest BCUT2D eigenvalue weighted by Crippen LogP contribution is 2.31. The second-order valence-electron chi connectivity index (χ2n) is 5.80. The van der Waals surface area contributed by atoms with E-state index in [2.05, 4.69) is 15.6 Å². The minimum absolute atomic E-state index is 0.0144. The minimum atomic E-state index is -0.438. The standard InChI is InChI=1S/C18H13Cl3N4O2S2/c19-13-4-5-14(20)16(21)12(13)6-7-22-17(28)24-18-23-15(9-29-18)10-2-1-3-11(8-10)25(26)27/h1-5,8-9H,6-7H2,(H2,22,23,24,28). The third-order valence-electron chi connectivity index (χ3n) is 3.88. The van der Waals surface area contributed by atoms with Gasteiger partial charge in [-0.2, -0.15) is 0 Å². The lowest BCUT2D eigenvalue weighted by Crippen LogP contribution is -2.30. The van der Waals surface area contributed by atoms with E-state index in [1.165, 1.54) is 23.5 Å². The van der Waals surface area contributed by atoms with Gasteiger partial charge in [0.15, 0.2) is 10.2 Å². The first-order valence-corrected chi connectivity index (χ1v) is 10.6. The highest BCUT2D eigenvalue weighted by atomic mass is 35.5. The van der Waals surface area contributed by atoms with Crippen molar-refractivity contribution in [1.82, 2.24) is 10.3 Å². The van der Waals surface area contributed by atoms with Gasteiger partial charge < -0.3 is 10.6 Å². The Bertz CT molecular complexity index is 1080. The lowest BCUT2D eigenvalue weighted by atomic mass is 10.1. The SMILES string of the molecule is O=[N+]([O-])c1cccc(-c2csc(NC(=S)NCCc3c(Cl)ccc(Cl)c3Cl)n2)c1. The average molecular weight is 488 g/mol. The van der Waals surface area contributed by atoms with E-state index in [0.717, 1.165) is 5.56 Å². The molecule has 0 spiro atoms. The maximum Gasteiger partial charge on any atom is 0.270 e. The van der Waals surface area contributed by atoms with Crippen molar-refractivity contribution in [2.24, 2.45) is 0 Å². The van der Waals surface area contributed by atoms with Crippen molar-refractivity contribution in [2.75, 3.05) is 11.9 Å². The molecule has 0 radical (unpaired) electrons. The van der Waals surface area contributed by atoms with Gasteiger partial charge in [0.25, 0.3) is 5.69 Å². The van der Waals surface area contributed by atoms with Crippen LogP contribution in [0.3, 0.4) is 0 Å². The number of aromatic nitrogens is 1. The van der Waals surface area contributed by atoms with Crippen molar-refractivity contribution in [1.29, 1.82) is 0 Å². The van der Waals surface area contributed by atoms with Crippen LogP contribution in [-0.2, 0) is 6.42 Å². The molecule has 3 rings (SSSR count). The molecule has 29 heavy (non-hydrogen) atoms. The van der Waals surface area contributed by atoms with Crippen molar-refractivity contribution in [3.63, 3.8) is 0 Å². The molecule has 3 aromatic rings. The molecule has 0 saturated carbocycles. The zero-order valence-electron chi connectivity index (χ0n) is 14.6. The van der Waals surface area contributed by atoms with Crippen LogP contribution in [-0.4, -0.2) is 21.6 Å². The first kappa shape index (κ1) is 21.7. The number of nitro groups is 1. The van der Waals surface area contributed by atoms with Crippen LogP contribution in [0.2, 0.25) is 15.1 Å². The third-order valence-corrected chi connectivity index (χ3v) is 6.08. The van der Waals surface area contributed by atoms with Gasteiger partial charge in [-0.3, -0.25) is 10.1 Å². The summed E-state index contributed by atoms with van der Waals surface area (Å²) < 4.78 is 0. The molecule has 0 saturated heterocycles. The van der Waals surface area contributed by atoms with Crippen LogP contribution in [0.15, 0.2) is 41.8 Å². The molecule has 1 heterocycles. The topological polar surface area (TPSA) is 80.1 Å². The Balaban J connectivity index is 1.58. The summed E-state index contributed by atoms with van der Waals surface area (Å²) in [6, 6.07) is 9.66. The van der Waals surface area contributed by atoms with Crippen LogP contribution in [0.1, 0.15) is 5.56 Å². The van der Waals surface area contributed by atoms with E-state index in [9.17, 15) is 10.1 Å². The Morgan fingerprint density at radius 2 is 1.97 bits per heavy atom. The van der Waals surface area contributed by atoms with Gasteiger partial charge in [0.1, 0.15) is 0 Å². The zero-order valence-corrected chi connectivity index (χ0v) is 18.5. The molecule has 0 bridgehead atoms. The van der Waals surface area contributed by atoms with E-state index < -0.39 is 4.92 Å². The number of thiocarbonyl (C=S) groups is 1. The Morgan fingerprint density at radius 1 is 1.21 bits per heavy atom. The molecule has 2 aromatic carbocycles. The van der Waals surface area contributed by atoms with Gasteiger partial charge in [0.2, 0.25) is 0 Å². The number of hydrogen-bond donors (Lipinski definition) is 2. The molecule has 2 N–H and O–H groups in total. The molecule has 150 valence electrons. The summed E-state index contributed by atoms with van der Waals surface area (Å²) in [6.07, 6.45) is 0.539. The van der Waals surface area contributed by atoms with Gasteiger partial charge in [0, 0.05) is 34.6 Å². The number of anilines is 1. The number of non-ortho nitro benzene ring substituents is 1. The molecule has 0 aliphatic rings. The highest BCUT2D eigenvalue weighted by molar-refractivity contribution is 7.80. The summed E-state index contributed by atoms with van der Waals surface area (Å²) in [7, 11) is 0. The Morgan fingerprint density at radius 3 is 2.72 bits per heavy atom. The Labute approximate surface area is 191 Å². The minimum Gasteiger partial charge on any atom is -0.362 e. The summed E-state index contributed by atoms with van der Waals surface area (Å²) in [6.45, 7) is 0.495. The number of nitro benzene ring substituents is 1. The van der Waals surface area contributed by atoms with Crippen molar-refractivity contribution in [3.05, 3.63) is 72.5 Å². The summed E-state index contributed by atoms with van der Waals surface area (Å²) in [5, 5.41) is 21.2. The smallest absolute Gasteiger partial charge is 0.270 e. The van der Waals surface area contributed by atoms with Gasteiger partial charge in [0.05, 0.1) is 20.7 Å². The first-order valence-electron chi connectivity index (χ1n) is 8.22. The maximum absolute atomic E-state index is 10.9. The van der Waals surface area contributed by atoms with Crippen LogP contribution in [0.5, 0.6) is 0 Å². The normalized spacial score (nSPS) is 10.6. The van der Waals surface area contributed by atoms with E-state index in [4.69, 9.17) is 47.0 Å². The van der Waals surface area contributed by atoms with Gasteiger partial charge >= 0.3 is 0 Å². The first-order chi connectivity index (χ1) is 13.8. The molecule has 0 aliphatic carbocycles. The van der Waals surface area contributed by atoms with E-state index in [1.807, 2.05) is 0 Å². The quantitative estimate of drug-likeness (QED) is 0.186. The fraction of sp³-hybridized carbons (Fsp3) is 0.111. The Kier molecular flexibility index (Phi) is 7.26. The summed E-state index contributed by atoms with van der Waals surface area (Å²) in [5.74, 6) is 0. The van der Waals surface area contributed by atoms with Gasteiger partial charge in [-0.1, -0.05) is 46.9 Å². The fourth-order valence-corrected chi connectivity index (χ4v) is 4.21. The molecule has 1 aromatic heterocycles. The molecule has 0 fully saturated rings.